The predicted octanol–water partition coefficient (Wildman–Crippen LogP) is 1.51. The highest BCUT2D eigenvalue weighted by atomic mass is 16.4. The fourth-order valence-corrected chi connectivity index (χ4v) is 3.56. The molecule has 0 aromatic heterocycles. The van der Waals surface area contributed by atoms with E-state index >= 15 is 0 Å². The van der Waals surface area contributed by atoms with Crippen molar-refractivity contribution in [2.75, 3.05) is 19.6 Å². The van der Waals surface area contributed by atoms with Gasteiger partial charge >= 0.3 is 12.0 Å². The summed E-state index contributed by atoms with van der Waals surface area (Å²) < 4.78 is 0. The Hall–Kier alpha value is -1.30. The van der Waals surface area contributed by atoms with Gasteiger partial charge in [0, 0.05) is 25.2 Å². The second-order valence-electron chi connectivity index (χ2n) is 6.55. The summed E-state index contributed by atoms with van der Waals surface area (Å²) in [5.74, 6) is -0.981. The molecule has 2 unspecified atom stereocenters. The fourth-order valence-electron chi connectivity index (χ4n) is 3.56. The SMILES string of the molecule is CCN(C(=O)NC1CCN2CCCCC12)C(C)(C)C(=O)O. The van der Waals surface area contributed by atoms with Crippen LogP contribution in [0, 0.1) is 0 Å². The monoisotopic (exact) mass is 297 g/mol. The van der Waals surface area contributed by atoms with Gasteiger partial charge in [-0.1, -0.05) is 6.42 Å². The minimum atomic E-state index is -1.19. The lowest BCUT2D eigenvalue weighted by molar-refractivity contribution is -0.147. The maximum atomic E-state index is 12.5. The number of likely N-dealkylation sites (N-methyl/N-ethyl adjacent to an activating group) is 1. The molecule has 0 bridgehead atoms. The zero-order valence-corrected chi connectivity index (χ0v) is 13.3. The number of aliphatic carboxylic acids is 1. The van der Waals surface area contributed by atoms with Crippen molar-refractivity contribution in [3.63, 3.8) is 0 Å². The number of carbonyl (C=O) groups excluding carboxylic acids is 1. The van der Waals surface area contributed by atoms with Gasteiger partial charge in [-0.25, -0.2) is 9.59 Å². The Morgan fingerprint density at radius 3 is 2.62 bits per heavy atom. The van der Waals surface area contributed by atoms with Crippen molar-refractivity contribution < 1.29 is 14.7 Å². The fraction of sp³-hybridized carbons (Fsp3) is 0.867. The van der Waals surface area contributed by atoms with E-state index in [-0.39, 0.29) is 12.1 Å². The Labute approximate surface area is 126 Å². The maximum Gasteiger partial charge on any atom is 0.329 e. The van der Waals surface area contributed by atoms with Crippen LogP contribution < -0.4 is 5.32 Å². The van der Waals surface area contributed by atoms with Crippen molar-refractivity contribution in [1.29, 1.82) is 0 Å². The van der Waals surface area contributed by atoms with Crippen LogP contribution in [0.2, 0.25) is 0 Å². The minimum Gasteiger partial charge on any atom is -0.480 e. The van der Waals surface area contributed by atoms with E-state index in [9.17, 15) is 14.7 Å². The third-order valence-electron chi connectivity index (χ3n) is 4.92. The normalized spacial score (nSPS) is 26.2. The second kappa shape index (κ2) is 6.22. The van der Waals surface area contributed by atoms with Crippen LogP contribution >= 0.6 is 0 Å². The van der Waals surface area contributed by atoms with Crippen LogP contribution in [0.15, 0.2) is 0 Å². The smallest absolute Gasteiger partial charge is 0.329 e. The van der Waals surface area contributed by atoms with Crippen LogP contribution in [0.4, 0.5) is 4.79 Å². The second-order valence-corrected chi connectivity index (χ2v) is 6.55. The van der Waals surface area contributed by atoms with Crippen LogP contribution in [0.25, 0.3) is 0 Å². The molecule has 6 nitrogen and oxygen atoms in total. The Morgan fingerprint density at radius 1 is 1.29 bits per heavy atom. The first-order chi connectivity index (χ1) is 9.87. The lowest BCUT2D eigenvalue weighted by atomic mass is 9.99. The van der Waals surface area contributed by atoms with Gasteiger partial charge in [0.2, 0.25) is 0 Å². The van der Waals surface area contributed by atoms with Gasteiger partial charge < -0.3 is 15.3 Å². The summed E-state index contributed by atoms with van der Waals surface area (Å²) in [4.78, 5) is 27.7. The molecular weight excluding hydrogens is 270 g/mol. The molecule has 0 radical (unpaired) electrons. The molecule has 2 saturated heterocycles. The summed E-state index contributed by atoms with van der Waals surface area (Å²) in [6.45, 7) is 7.48. The van der Waals surface area contributed by atoms with E-state index < -0.39 is 11.5 Å². The van der Waals surface area contributed by atoms with Crippen LogP contribution in [0.3, 0.4) is 0 Å². The van der Waals surface area contributed by atoms with Gasteiger partial charge in [-0.15, -0.1) is 0 Å². The van der Waals surface area contributed by atoms with Crippen LogP contribution in [0.1, 0.15) is 46.5 Å². The molecule has 2 amide bonds. The zero-order valence-electron chi connectivity index (χ0n) is 13.3. The molecule has 6 heteroatoms. The molecule has 2 aliphatic rings. The van der Waals surface area contributed by atoms with E-state index in [0.717, 1.165) is 25.9 Å². The number of carboxylic acids is 1. The summed E-state index contributed by atoms with van der Waals surface area (Å²) in [7, 11) is 0. The quantitative estimate of drug-likeness (QED) is 0.825. The van der Waals surface area contributed by atoms with E-state index in [1.165, 1.54) is 17.7 Å². The van der Waals surface area contributed by atoms with Gasteiger partial charge in [0.25, 0.3) is 0 Å². The van der Waals surface area contributed by atoms with E-state index in [0.29, 0.717) is 12.6 Å². The average molecular weight is 297 g/mol. The third kappa shape index (κ3) is 3.15. The van der Waals surface area contributed by atoms with Crippen molar-refractivity contribution in [1.82, 2.24) is 15.1 Å². The Balaban J connectivity index is 2.01. The van der Waals surface area contributed by atoms with Crippen LogP contribution in [0.5, 0.6) is 0 Å². The lowest BCUT2D eigenvalue weighted by Crippen LogP contribution is -2.58. The highest BCUT2D eigenvalue weighted by molar-refractivity contribution is 5.85. The molecule has 2 N–H and O–H groups in total. The predicted molar refractivity (Wildman–Crippen MR) is 80.2 cm³/mol. The number of rotatable bonds is 4. The van der Waals surface area contributed by atoms with E-state index in [1.54, 1.807) is 13.8 Å². The number of hydrogen-bond acceptors (Lipinski definition) is 3. The molecule has 2 rings (SSSR count). The van der Waals surface area contributed by atoms with Crippen molar-refractivity contribution in [2.45, 2.75) is 64.1 Å². The summed E-state index contributed by atoms with van der Waals surface area (Å²) in [5, 5.41) is 12.4. The number of urea groups is 1. The highest BCUT2D eigenvalue weighted by Gasteiger charge is 2.40. The summed E-state index contributed by atoms with van der Waals surface area (Å²) in [6.07, 6.45) is 4.54. The molecule has 21 heavy (non-hydrogen) atoms. The number of carbonyl (C=O) groups is 2. The lowest BCUT2D eigenvalue weighted by Gasteiger charge is -2.37. The number of carboxylic acid groups (broad SMARTS) is 1. The number of nitrogens with zero attached hydrogens (tertiary/aromatic N) is 2. The largest absolute Gasteiger partial charge is 0.480 e. The van der Waals surface area contributed by atoms with Gasteiger partial charge in [-0.05, 0) is 46.6 Å². The molecule has 2 aliphatic heterocycles. The van der Waals surface area contributed by atoms with Crippen LogP contribution in [-0.2, 0) is 4.79 Å². The number of amides is 2. The van der Waals surface area contributed by atoms with Crippen molar-refractivity contribution in [3.05, 3.63) is 0 Å². The number of hydrogen-bond donors (Lipinski definition) is 2. The minimum absolute atomic E-state index is 0.149. The van der Waals surface area contributed by atoms with E-state index in [1.807, 2.05) is 6.92 Å². The highest BCUT2D eigenvalue weighted by Crippen LogP contribution is 2.27. The molecular formula is C15H27N3O3. The maximum absolute atomic E-state index is 12.5. The van der Waals surface area contributed by atoms with Gasteiger partial charge in [0.05, 0.1) is 0 Å². The van der Waals surface area contributed by atoms with Gasteiger partial charge in [0.15, 0.2) is 0 Å². The molecule has 0 aromatic carbocycles. The average Bonchev–Trinajstić information content (AvgIpc) is 2.82. The molecule has 2 fully saturated rings. The molecule has 0 aliphatic carbocycles. The molecule has 0 saturated carbocycles. The Kier molecular flexibility index (Phi) is 4.76. The number of nitrogens with one attached hydrogen (secondary N) is 1. The van der Waals surface area contributed by atoms with Crippen molar-refractivity contribution in [3.8, 4) is 0 Å². The first kappa shape index (κ1) is 16.1. The van der Waals surface area contributed by atoms with Crippen molar-refractivity contribution in [2.24, 2.45) is 0 Å². The first-order valence-electron chi connectivity index (χ1n) is 7.93. The first-order valence-corrected chi connectivity index (χ1v) is 7.93. The molecule has 0 spiro atoms. The van der Waals surface area contributed by atoms with Crippen LogP contribution in [-0.4, -0.2) is 64.2 Å². The summed E-state index contributed by atoms with van der Waals surface area (Å²) in [6, 6.07) is 0.313. The third-order valence-corrected chi connectivity index (χ3v) is 4.92. The Morgan fingerprint density at radius 2 is 2.00 bits per heavy atom. The van der Waals surface area contributed by atoms with Gasteiger partial charge in [-0.2, -0.15) is 0 Å². The number of fused-ring (bicyclic) bond motifs is 1. The molecule has 2 heterocycles. The topological polar surface area (TPSA) is 72.9 Å². The van der Waals surface area contributed by atoms with E-state index in [2.05, 4.69) is 10.2 Å². The summed E-state index contributed by atoms with van der Waals surface area (Å²) >= 11 is 0. The van der Waals surface area contributed by atoms with Gasteiger partial charge in [0.1, 0.15) is 5.54 Å². The Bertz CT molecular complexity index is 411. The molecule has 2 atom stereocenters. The number of piperidine rings is 1. The van der Waals surface area contributed by atoms with E-state index in [4.69, 9.17) is 0 Å². The van der Waals surface area contributed by atoms with Gasteiger partial charge in [-0.3, -0.25) is 4.90 Å². The molecule has 0 aromatic rings. The summed E-state index contributed by atoms with van der Waals surface area (Å²) in [5.41, 5.74) is -1.19. The molecule has 120 valence electrons. The standard InChI is InChI=1S/C15H27N3O3/c1-4-18(15(2,3)13(19)20)14(21)16-11-8-10-17-9-6-5-7-12(11)17/h11-12H,4-10H2,1-3H3,(H,16,21)(H,19,20). The zero-order chi connectivity index (χ0) is 15.6. The van der Waals surface area contributed by atoms with Crippen molar-refractivity contribution >= 4 is 12.0 Å².